The summed E-state index contributed by atoms with van der Waals surface area (Å²) in [5.74, 6) is 1.82. The van der Waals surface area contributed by atoms with Crippen molar-refractivity contribution < 1.29 is 9.47 Å². The third-order valence-corrected chi connectivity index (χ3v) is 4.91. The molecule has 0 fully saturated rings. The Hall–Kier alpha value is -3.25. The molecule has 0 bridgehead atoms. The highest BCUT2D eigenvalue weighted by Gasteiger charge is 2.05. The quantitative estimate of drug-likeness (QED) is 0.248. The Morgan fingerprint density at radius 2 is 1.66 bits per heavy atom. The summed E-state index contributed by atoms with van der Waals surface area (Å²) in [4.78, 5) is 4.41. The molecule has 6 nitrogen and oxygen atoms in total. The van der Waals surface area contributed by atoms with Gasteiger partial charge in [0.1, 0.15) is 0 Å². The van der Waals surface area contributed by atoms with Crippen molar-refractivity contribution in [1.29, 1.82) is 5.26 Å². The summed E-state index contributed by atoms with van der Waals surface area (Å²) < 4.78 is 10.6. The molecule has 0 radical (unpaired) electrons. The zero-order valence-electron chi connectivity index (χ0n) is 18.2. The lowest BCUT2D eigenvalue weighted by molar-refractivity contribution is 0.354. The number of nitrogens with zero attached hydrogens (tertiary/aromatic N) is 2. The Morgan fingerprint density at radius 1 is 0.969 bits per heavy atom. The minimum Gasteiger partial charge on any atom is -0.493 e. The van der Waals surface area contributed by atoms with E-state index in [1.807, 2.05) is 66.7 Å². The zero-order chi connectivity index (χ0) is 22.1. The van der Waals surface area contributed by atoms with Gasteiger partial charge < -0.3 is 20.5 Å². The number of halogens is 1. The summed E-state index contributed by atoms with van der Waals surface area (Å²) in [5, 5.41) is 12.4. The van der Waals surface area contributed by atoms with Crippen molar-refractivity contribution in [3.05, 3.63) is 83.4 Å². The number of benzene rings is 3. The summed E-state index contributed by atoms with van der Waals surface area (Å²) >= 11 is 0. The van der Waals surface area contributed by atoms with E-state index in [0.717, 1.165) is 28.7 Å². The number of nitriles is 1. The average molecular weight is 542 g/mol. The predicted molar refractivity (Wildman–Crippen MR) is 139 cm³/mol. The normalized spacial score (nSPS) is 10.6. The van der Waals surface area contributed by atoms with Gasteiger partial charge in [-0.15, -0.1) is 24.0 Å². The number of nitrogens with two attached hydrogens (primary N) is 1. The molecule has 0 aliphatic rings. The summed E-state index contributed by atoms with van der Waals surface area (Å²) in [6, 6.07) is 23.7. The minimum atomic E-state index is 0. The maximum atomic E-state index is 9.27. The van der Waals surface area contributed by atoms with E-state index in [4.69, 9.17) is 15.2 Å². The van der Waals surface area contributed by atoms with Crippen LogP contribution in [0, 0.1) is 11.3 Å². The highest BCUT2D eigenvalue weighted by Crippen LogP contribution is 2.27. The second-order valence-corrected chi connectivity index (χ2v) is 6.92. The SMILES string of the molecule is COc1ccc(CCNC(N)=NCc2ccc(-c3ccccc3C#N)cc2)cc1OC.I. The summed E-state index contributed by atoms with van der Waals surface area (Å²) in [6.45, 7) is 1.14. The molecule has 0 aromatic heterocycles. The monoisotopic (exact) mass is 542 g/mol. The first-order chi connectivity index (χ1) is 15.1. The maximum absolute atomic E-state index is 9.27. The molecule has 0 amide bonds. The van der Waals surface area contributed by atoms with E-state index < -0.39 is 0 Å². The summed E-state index contributed by atoms with van der Waals surface area (Å²) in [6.07, 6.45) is 0.781. The zero-order valence-corrected chi connectivity index (χ0v) is 20.5. The van der Waals surface area contributed by atoms with Gasteiger partial charge in [0.2, 0.25) is 0 Å². The molecule has 3 N–H and O–H groups in total. The van der Waals surface area contributed by atoms with Crippen molar-refractivity contribution >= 4 is 29.9 Å². The Labute approximate surface area is 206 Å². The van der Waals surface area contributed by atoms with Crippen molar-refractivity contribution in [2.24, 2.45) is 10.7 Å². The first kappa shape index (κ1) is 25.0. The van der Waals surface area contributed by atoms with Crippen molar-refractivity contribution in [2.45, 2.75) is 13.0 Å². The van der Waals surface area contributed by atoms with E-state index in [-0.39, 0.29) is 24.0 Å². The van der Waals surface area contributed by atoms with Gasteiger partial charge in [-0.1, -0.05) is 48.5 Å². The molecule has 3 aromatic rings. The van der Waals surface area contributed by atoms with E-state index in [1.165, 1.54) is 0 Å². The molecule has 0 atom stereocenters. The van der Waals surface area contributed by atoms with E-state index in [2.05, 4.69) is 16.4 Å². The molecule has 3 aromatic carbocycles. The fourth-order valence-corrected chi connectivity index (χ4v) is 3.23. The van der Waals surface area contributed by atoms with Crippen LogP contribution < -0.4 is 20.5 Å². The molecular formula is C25H27IN4O2. The van der Waals surface area contributed by atoms with Crippen molar-refractivity contribution in [1.82, 2.24) is 5.32 Å². The second-order valence-electron chi connectivity index (χ2n) is 6.92. The smallest absolute Gasteiger partial charge is 0.188 e. The third kappa shape index (κ3) is 6.62. The molecule has 0 aliphatic carbocycles. The number of hydrogen-bond donors (Lipinski definition) is 2. The standard InChI is InChI=1S/C25H26N4O2.HI/c1-30-23-12-9-18(15-24(23)31-2)13-14-28-25(27)29-17-19-7-10-20(11-8-19)22-6-4-3-5-21(22)16-26;/h3-12,15H,13-14,17H2,1-2H3,(H3,27,28,29);1H. The van der Waals surface area contributed by atoms with Crippen LogP contribution in [0.2, 0.25) is 0 Å². The lowest BCUT2D eigenvalue weighted by atomic mass is 9.99. The fourth-order valence-electron chi connectivity index (χ4n) is 3.23. The van der Waals surface area contributed by atoms with Crippen molar-refractivity contribution in [3.8, 4) is 28.7 Å². The molecule has 0 spiro atoms. The van der Waals surface area contributed by atoms with Gasteiger partial charge in [-0.05, 0) is 46.9 Å². The van der Waals surface area contributed by atoms with Crippen molar-refractivity contribution in [3.63, 3.8) is 0 Å². The van der Waals surface area contributed by atoms with Crippen LogP contribution in [0.4, 0.5) is 0 Å². The molecule has 0 heterocycles. The molecule has 0 aliphatic heterocycles. The molecular weight excluding hydrogens is 515 g/mol. The van der Waals surface area contributed by atoms with Crippen LogP contribution >= 0.6 is 24.0 Å². The number of ether oxygens (including phenoxy) is 2. The second kappa shape index (κ2) is 12.6. The number of aliphatic imine (C=N–C) groups is 1. The van der Waals surface area contributed by atoms with Gasteiger partial charge in [-0.2, -0.15) is 5.26 Å². The number of rotatable bonds is 8. The van der Waals surface area contributed by atoms with Crippen LogP contribution in [0.3, 0.4) is 0 Å². The Bertz CT molecular complexity index is 1090. The Kier molecular flexibility index (Phi) is 9.82. The predicted octanol–water partition coefficient (Wildman–Crippen LogP) is 4.51. The van der Waals surface area contributed by atoms with Crippen LogP contribution in [0.15, 0.2) is 71.7 Å². The van der Waals surface area contributed by atoms with Gasteiger partial charge in [-0.25, -0.2) is 4.99 Å². The molecule has 0 saturated carbocycles. The molecule has 7 heteroatoms. The minimum absolute atomic E-state index is 0. The Balaban J connectivity index is 0.00000363. The maximum Gasteiger partial charge on any atom is 0.188 e. The summed E-state index contributed by atoms with van der Waals surface area (Å²) in [5.41, 5.74) is 10.8. The molecule has 32 heavy (non-hydrogen) atoms. The molecule has 0 unspecified atom stereocenters. The van der Waals surface area contributed by atoms with E-state index >= 15 is 0 Å². The number of nitrogens with one attached hydrogen (secondary N) is 1. The number of guanidine groups is 1. The van der Waals surface area contributed by atoms with E-state index in [9.17, 15) is 5.26 Å². The van der Waals surface area contributed by atoms with E-state index in [1.54, 1.807) is 14.2 Å². The first-order valence-electron chi connectivity index (χ1n) is 9.97. The largest absolute Gasteiger partial charge is 0.493 e. The van der Waals surface area contributed by atoms with Crippen LogP contribution in [0.25, 0.3) is 11.1 Å². The average Bonchev–Trinajstić information content (AvgIpc) is 2.83. The van der Waals surface area contributed by atoms with Crippen LogP contribution in [-0.4, -0.2) is 26.7 Å². The van der Waals surface area contributed by atoms with Crippen LogP contribution in [0.1, 0.15) is 16.7 Å². The third-order valence-electron chi connectivity index (χ3n) is 4.91. The van der Waals surface area contributed by atoms with Gasteiger partial charge in [0, 0.05) is 6.54 Å². The van der Waals surface area contributed by atoms with Crippen LogP contribution in [-0.2, 0) is 13.0 Å². The Morgan fingerprint density at radius 3 is 2.34 bits per heavy atom. The number of methoxy groups -OCH3 is 2. The van der Waals surface area contributed by atoms with Gasteiger partial charge in [-0.3, -0.25) is 0 Å². The van der Waals surface area contributed by atoms with E-state index in [0.29, 0.717) is 36.1 Å². The van der Waals surface area contributed by atoms with Crippen molar-refractivity contribution in [2.75, 3.05) is 20.8 Å². The molecule has 3 rings (SSSR count). The highest BCUT2D eigenvalue weighted by molar-refractivity contribution is 14.0. The molecule has 166 valence electrons. The van der Waals surface area contributed by atoms with Gasteiger partial charge in [0.15, 0.2) is 17.5 Å². The highest BCUT2D eigenvalue weighted by atomic mass is 127. The van der Waals surface area contributed by atoms with Gasteiger partial charge in [0.25, 0.3) is 0 Å². The van der Waals surface area contributed by atoms with Crippen LogP contribution in [0.5, 0.6) is 11.5 Å². The first-order valence-corrected chi connectivity index (χ1v) is 9.97. The molecule has 0 saturated heterocycles. The van der Waals surface area contributed by atoms with Gasteiger partial charge >= 0.3 is 0 Å². The lowest BCUT2D eigenvalue weighted by Gasteiger charge is -2.10. The van der Waals surface area contributed by atoms with Gasteiger partial charge in [0.05, 0.1) is 32.4 Å². The fraction of sp³-hybridized carbons (Fsp3) is 0.200. The number of hydrogen-bond acceptors (Lipinski definition) is 4. The topological polar surface area (TPSA) is 92.7 Å². The summed E-state index contributed by atoms with van der Waals surface area (Å²) in [7, 11) is 3.24. The lowest BCUT2D eigenvalue weighted by Crippen LogP contribution is -2.33.